The van der Waals surface area contributed by atoms with Crippen molar-refractivity contribution in [3.63, 3.8) is 0 Å². The molecule has 6 atom stereocenters. The van der Waals surface area contributed by atoms with E-state index in [2.05, 4.69) is 5.32 Å². The number of carboxylic acid groups (broad SMARTS) is 1. The van der Waals surface area contributed by atoms with E-state index in [1.165, 1.54) is 7.11 Å². The average Bonchev–Trinajstić information content (AvgIpc) is 3.19. The number of aliphatic carboxylic acids is 1. The number of nitrogens with one attached hydrogen (secondary N) is 1. The van der Waals surface area contributed by atoms with Crippen LogP contribution in [0.2, 0.25) is 0 Å². The molecule has 1 aliphatic heterocycles. The maximum atomic E-state index is 16.7. The fraction of sp³-hybridized carbons (Fsp3) is 0.366. The normalized spacial score (nSPS) is 20.5. The fourth-order valence-corrected chi connectivity index (χ4v) is 6.00. The highest BCUT2D eigenvalue weighted by Gasteiger charge is 2.58. The van der Waals surface area contributed by atoms with E-state index in [1.54, 1.807) is 30.3 Å². The molecule has 13 heteroatoms. The van der Waals surface area contributed by atoms with Crippen molar-refractivity contribution in [2.75, 3.05) is 20.5 Å². The number of carbonyl (C=O) groups excluding carboxylic acids is 1. The van der Waals surface area contributed by atoms with Gasteiger partial charge < -0.3 is 43.6 Å². The number of carboxylic acids is 1. The van der Waals surface area contributed by atoms with E-state index in [4.69, 9.17) is 33.2 Å². The van der Waals surface area contributed by atoms with Crippen molar-refractivity contribution in [3.8, 4) is 0 Å². The number of benzene rings is 4. The number of alkyl halides is 2. The van der Waals surface area contributed by atoms with E-state index in [-0.39, 0.29) is 33.0 Å². The molecular formula is C41H45F2NO10. The van der Waals surface area contributed by atoms with E-state index in [0.717, 1.165) is 16.7 Å². The molecule has 1 saturated heterocycles. The molecule has 4 aromatic rings. The predicted octanol–water partition coefficient (Wildman–Crippen LogP) is 6.54. The zero-order chi connectivity index (χ0) is 38.2. The number of hydrogen-bond acceptors (Lipinski definition) is 9. The summed E-state index contributed by atoms with van der Waals surface area (Å²) in [5.41, 5.74) is 3.06. The Labute approximate surface area is 313 Å². The summed E-state index contributed by atoms with van der Waals surface area (Å²) in [6.45, 7) is -0.546. The van der Waals surface area contributed by atoms with Crippen LogP contribution in [0.15, 0.2) is 121 Å². The summed E-state index contributed by atoms with van der Waals surface area (Å²) in [7, 11) is 1.34. The maximum Gasteiger partial charge on any atom is 0.408 e. The van der Waals surface area contributed by atoms with Gasteiger partial charge in [0.25, 0.3) is 5.92 Å². The van der Waals surface area contributed by atoms with Crippen molar-refractivity contribution in [3.05, 3.63) is 144 Å². The van der Waals surface area contributed by atoms with Gasteiger partial charge in [-0.25, -0.2) is 18.4 Å². The van der Waals surface area contributed by atoms with Crippen molar-refractivity contribution in [1.82, 2.24) is 5.32 Å². The van der Waals surface area contributed by atoms with Crippen LogP contribution in [0.1, 0.15) is 28.7 Å². The molecule has 1 aliphatic rings. The SMILES string of the molecule is COCO[C@@H]1[C@@H](OCc2ccccc2)[C@@H](OCc2ccccc2)[C@@H](COCc2ccccc2)O[C@@H]1C(F)(F)C[C@@H](NC(=O)OCc1ccccc1)C(=O)O. The van der Waals surface area contributed by atoms with Gasteiger partial charge in [-0.15, -0.1) is 0 Å². The quantitative estimate of drug-likeness (QED) is 0.0962. The minimum Gasteiger partial charge on any atom is -0.480 e. The Morgan fingerprint density at radius 3 is 1.69 bits per heavy atom. The Bertz CT molecular complexity index is 1690. The third-order valence-corrected chi connectivity index (χ3v) is 8.67. The van der Waals surface area contributed by atoms with Crippen LogP contribution in [0.4, 0.5) is 13.6 Å². The van der Waals surface area contributed by atoms with Gasteiger partial charge in [-0.05, 0) is 22.3 Å². The Hall–Kier alpha value is -4.76. The molecule has 0 aromatic heterocycles. The number of methoxy groups -OCH3 is 1. The van der Waals surface area contributed by atoms with Gasteiger partial charge in [-0.1, -0.05) is 121 Å². The van der Waals surface area contributed by atoms with E-state index in [0.29, 0.717) is 5.56 Å². The van der Waals surface area contributed by atoms with Crippen LogP contribution in [0.25, 0.3) is 0 Å². The lowest BCUT2D eigenvalue weighted by Gasteiger charge is -2.48. The minimum atomic E-state index is -3.93. The first-order valence-electron chi connectivity index (χ1n) is 17.5. The number of carbonyl (C=O) groups is 2. The summed E-state index contributed by atoms with van der Waals surface area (Å²) in [4.78, 5) is 24.9. The van der Waals surface area contributed by atoms with Crippen LogP contribution in [0, 0.1) is 0 Å². The summed E-state index contributed by atoms with van der Waals surface area (Å²) < 4.78 is 74.7. The molecule has 1 amide bonds. The third kappa shape index (κ3) is 12.1. The number of amides is 1. The zero-order valence-electron chi connectivity index (χ0n) is 29.8. The third-order valence-electron chi connectivity index (χ3n) is 8.67. The number of halogens is 2. The summed E-state index contributed by atoms with van der Waals surface area (Å²) in [6, 6.07) is 34.3. The molecule has 1 fully saturated rings. The first-order chi connectivity index (χ1) is 26.2. The van der Waals surface area contributed by atoms with Crippen LogP contribution in [-0.2, 0) is 64.4 Å². The molecule has 288 valence electrons. The van der Waals surface area contributed by atoms with E-state index in [9.17, 15) is 14.7 Å². The lowest BCUT2D eigenvalue weighted by molar-refractivity contribution is -0.317. The monoisotopic (exact) mass is 749 g/mol. The van der Waals surface area contributed by atoms with Crippen LogP contribution in [0.3, 0.4) is 0 Å². The molecule has 5 rings (SSSR count). The second-order valence-corrected chi connectivity index (χ2v) is 12.7. The smallest absolute Gasteiger partial charge is 0.408 e. The van der Waals surface area contributed by atoms with Gasteiger partial charge in [0.15, 0.2) is 6.10 Å². The number of ether oxygens (including phenoxy) is 7. The highest BCUT2D eigenvalue weighted by Crippen LogP contribution is 2.39. The van der Waals surface area contributed by atoms with E-state index in [1.807, 2.05) is 91.0 Å². The number of hydrogen-bond donors (Lipinski definition) is 2. The number of alkyl carbamates (subject to hydrolysis) is 1. The van der Waals surface area contributed by atoms with E-state index >= 15 is 8.78 Å². The Morgan fingerprint density at radius 1 is 0.704 bits per heavy atom. The van der Waals surface area contributed by atoms with Crippen molar-refractivity contribution in [2.45, 2.75) is 75.3 Å². The van der Waals surface area contributed by atoms with Crippen LogP contribution in [0.5, 0.6) is 0 Å². The second-order valence-electron chi connectivity index (χ2n) is 12.7. The van der Waals surface area contributed by atoms with Crippen molar-refractivity contribution < 1.29 is 56.6 Å². The zero-order valence-corrected chi connectivity index (χ0v) is 29.8. The van der Waals surface area contributed by atoms with Gasteiger partial charge in [0.1, 0.15) is 43.9 Å². The lowest BCUT2D eigenvalue weighted by Crippen LogP contribution is -2.66. The molecule has 0 bridgehead atoms. The van der Waals surface area contributed by atoms with Crippen molar-refractivity contribution >= 4 is 12.1 Å². The molecule has 11 nitrogen and oxygen atoms in total. The average molecular weight is 750 g/mol. The lowest BCUT2D eigenvalue weighted by atomic mass is 9.88. The van der Waals surface area contributed by atoms with Crippen LogP contribution >= 0.6 is 0 Å². The van der Waals surface area contributed by atoms with Gasteiger partial charge in [-0.3, -0.25) is 0 Å². The molecule has 2 N–H and O–H groups in total. The van der Waals surface area contributed by atoms with Gasteiger partial charge in [-0.2, -0.15) is 0 Å². The largest absolute Gasteiger partial charge is 0.480 e. The summed E-state index contributed by atoms with van der Waals surface area (Å²) in [5.74, 6) is -5.62. The Morgan fingerprint density at radius 2 is 1.19 bits per heavy atom. The Kier molecular flexibility index (Phi) is 15.4. The second kappa shape index (κ2) is 20.6. The highest BCUT2D eigenvalue weighted by atomic mass is 19.3. The summed E-state index contributed by atoms with van der Waals surface area (Å²) in [5, 5.41) is 12.0. The maximum absolute atomic E-state index is 16.7. The van der Waals surface area contributed by atoms with Gasteiger partial charge in [0, 0.05) is 13.5 Å². The molecule has 1 heterocycles. The fourth-order valence-electron chi connectivity index (χ4n) is 6.00. The first kappa shape index (κ1) is 40.4. The summed E-state index contributed by atoms with van der Waals surface area (Å²) >= 11 is 0. The molecule has 0 spiro atoms. The molecule has 0 radical (unpaired) electrons. The molecule has 0 saturated carbocycles. The molecule has 4 aromatic carbocycles. The van der Waals surface area contributed by atoms with Crippen LogP contribution < -0.4 is 5.32 Å². The topological polar surface area (TPSA) is 131 Å². The van der Waals surface area contributed by atoms with Crippen molar-refractivity contribution in [1.29, 1.82) is 0 Å². The first-order valence-corrected chi connectivity index (χ1v) is 17.5. The summed E-state index contributed by atoms with van der Waals surface area (Å²) in [6.07, 6.45) is -9.49. The number of rotatable bonds is 20. The van der Waals surface area contributed by atoms with Gasteiger partial charge in [0.05, 0.1) is 26.4 Å². The molecule has 0 unspecified atom stereocenters. The Balaban J connectivity index is 1.43. The molecular weight excluding hydrogens is 704 g/mol. The molecule has 0 aliphatic carbocycles. The van der Waals surface area contributed by atoms with Gasteiger partial charge in [0.2, 0.25) is 0 Å². The van der Waals surface area contributed by atoms with Crippen molar-refractivity contribution in [2.24, 2.45) is 0 Å². The van der Waals surface area contributed by atoms with E-state index < -0.39 is 67.8 Å². The van der Waals surface area contributed by atoms with Gasteiger partial charge >= 0.3 is 12.1 Å². The minimum absolute atomic E-state index is 0.00594. The molecule has 54 heavy (non-hydrogen) atoms. The van der Waals surface area contributed by atoms with Crippen LogP contribution in [-0.4, -0.2) is 80.2 Å². The highest BCUT2D eigenvalue weighted by molar-refractivity contribution is 5.80. The predicted molar refractivity (Wildman–Crippen MR) is 192 cm³/mol. The standard InChI is InChI=1S/C41H45F2NO10/c1-48-28-53-37-36(51-25-31-18-10-4-11-19-31)35(50-24-30-16-8-3-9-17-30)34(27-49-23-29-14-6-2-7-15-29)54-38(37)41(42,43)22-33(39(45)46)44-40(47)52-26-32-20-12-5-13-21-32/h2-21,33-38H,22-28H2,1H3,(H,44,47)(H,45,46)/t33-,34-,35+,36+,37-,38+/m1/s1.